The first-order valence-electron chi connectivity index (χ1n) is 10.4. The summed E-state index contributed by atoms with van der Waals surface area (Å²) in [5.74, 6) is 0.663. The van der Waals surface area contributed by atoms with E-state index in [1.165, 1.54) is 35.1 Å². The van der Waals surface area contributed by atoms with E-state index >= 15 is 0 Å². The van der Waals surface area contributed by atoms with Gasteiger partial charge >= 0.3 is 0 Å². The first-order chi connectivity index (χ1) is 13.8. The highest BCUT2D eigenvalue weighted by molar-refractivity contribution is 7.93. The Balaban J connectivity index is 1.74. The van der Waals surface area contributed by atoms with Crippen molar-refractivity contribution in [1.29, 1.82) is 0 Å². The molecule has 0 bridgehead atoms. The molecule has 0 N–H and O–H groups in total. The van der Waals surface area contributed by atoms with E-state index in [1.54, 1.807) is 6.26 Å². The Bertz CT molecular complexity index is 998. The zero-order valence-corrected chi connectivity index (χ0v) is 19.1. The van der Waals surface area contributed by atoms with Gasteiger partial charge in [0, 0.05) is 24.7 Å². The molecule has 1 fully saturated rings. The van der Waals surface area contributed by atoms with Crippen LogP contribution in [0, 0.1) is 19.8 Å². The minimum absolute atomic E-state index is 0.663. The molecular weight excluding hydrogens is 378 g/mol. The van der Waals surface area contributed by atoms with Crippen molar-refractivity contribution in [1.82, 2.24) is 4.90 Å². The van der Waals surface area contributed by atoms with Gasteiger partial charge in [0.2, 0.25) is 0 Å². The van der Waals surface area contributed by atoms with Gasteiger partial charge in [0.05, 0.1) is 28.3 Å². The quantitative estimate of drug-likeness (QED) is 0.433. The summed E-state index contributed by atoms with van der Waals surface area (Å²) in [5.41, 5.74) is 5.96. The smallest absolute Gasteiger partial charge is 0.0909 e. The standard InChI is InChI=1S/C24H33N3OS/c1-6-27(4)17-25-24-14-18(2)22(13-19(24)3)15-20-9-11-23(12-10-20)29(5,28)26-16-21-7-8-21/h9-14,17,21H,6-8,15-16H2,1-5H3/b25-17-. The molecule has 0 radical (unpaired) electrons. The summed E-state index contributed by atoms with van der Waals surface area (Å²) in [6, 6.07) is 12.5. The van der Waals surface area contributed by atoms with E-state index in [-0.39, 0.29) is 0 Å². The van der Waals surface area contributed by atoms with Crippen LogP contribution in [0.2, 0.25) is 0 Å². The number of rotatable bonds is 8. The fourth-order valence-corrected chi connectivity index (χ4v) is 4.42. The van der Waals surface area contributed by atoms with Gasteiger partial charge in [-0.2, -0.15) is 0 Å². The third-order valence-corrected chi connectivity index (χ3v) is 7.37. The van der Waals surface area contributed by atoms with E-state index < -0.39 is 9.73 Å². The van der Waals surface area contributed by atoms with Gasteiger partial charge < -0.3 is 4.90 Å². The Morgan fingerprint density at radius 3 is 2.45 bits per heavy atom. The van der Waals surface area contributed by atoms with Crippen molar-refractivity contribution in [2.75, 3.05) is 26.4 Å². The van der Waals surface area contributed by atoms with Crippen molar-refractivity contribution in [2.24, 2.45) is 15.3 Å². The monoisotopic (exact) mass is 411 g/mol. The summed E-state index contributed by atoms with van der Waals surface area (Å²) < 4.78 is 17.4. The van der Waals surface area contributed by atoms with E-state index in [0.717, 1.165) is 30.1 Å². The van der Waals surface area contributed by atoms with Gasteiger partial charge in [0.15, 0.2) is 0 Å². The number of benzene rings is 2. The molecule has 1 aliphatic rings. The normalized spacial score (nSPS) is 16.0. The fourth-order valence-electron chi connectivity index (χ4n) is 3.13. The molecule has 156 valence electrons. The highest BCUT2D eigenvalue weighted by atomic mass is 32.2. The molecule has 2 aromatic rings. The largest absolute Gasteiger partial charge is 0.366 e. The molecule has 0 heterocycles. The SMILES string of the molecule is CCN(C)/C=N\c1cc(C)c(Cc2ccc(S(C)(=O)=NCC3CC3)cc2)cc1C. The van der Waals surface area contributed by atoms with Gasteiger partial charge in [-0.1, -0.05) is 18.2 Å². The summed E-state index contributed by atoms with van der Waals surface area (Å²) in [5, 5.41) is 0. The molecule has 0 spiro atoms. The minimum atomic E-state index is -2.29. The Kier molecular flexibility index (Phi) is 6.78. The summed E-state index contributed by atoms with van der Waals surface area (Å²) >= 11 is 0. The zero-order chi connectivity index (χ0) is 21.0. The molecule has 5 heteroatoms. The van der Waals surface area contributed by atoms with Gasteiger partial charge in [-0.15, -0.1) is 0 Å². The highest BCUT2D eigenvalue weighted by Gasteiger charge is 2.21. The van der Waals surface area contributed by atoms with E-state index in [2.05, 4.69) is 59.3 Å². The molecule has 0 saturated heterocycles. The molecule has 3 rings (SSSR count). The van der Waals surface area contributed by atoms with Crippen molar-refractivity contribution in [3.05, 3.63) is 58.7 Å². The van der Waals surface area contributed by atoms with Crippen LogP contribution in [0.5, 0.6) is 0 Å². The maximum absolute atomic E-state index is 12.9. The van der Waals surface area contributed by atoms with E-state index in [0.29, 0.717) is 5.92 Å². The van der Waals surface area contributed by atoms with Crippen LogP contribution >= 0.6 is 0 Å². The number of aryl methyl sites for hydroxylation is 2. The summed E-state index contributed by atoms with van der Waals surface area (Å²) in [4.78, 5) is 7.51. The summed E-state index contributed by atoms with van der Waals surface area (Å²) in [7, 11) is -0.261. The van der Waals surface area contributed by atoms with Crippen LogP contribution in [0.1, 0.15) is 42.0 Å². The van der Waals surface area contributed by atoms with E-state index in [9.17, 15) is 4.21 Å². The number of nitrogens with zero attached hydrogens (tertiary/aromatic N) is 3. The van der Waals surface area contributed by atoms with Crippen LogP contribution in [-0.2, 0) is 16.1 Å². The van der Waals surface area contributed by atoms with Gasteiger partial charge in [-0.05, 0) is 86.4 Å². The van der Waals surface area contributed by atoms with Crippen LogP contribution < -0.4 is 0 Å². The second kappa shape index (κ2) is 9.12. The topological polar surface area (TPSA) is 45.0 Å². The lowest BCUT2D eigenvalue weighted by Gasteiger charge is -2.12. The molecular formula is C24H33N3OS. The Labute approximate surface area is 176 Å². The molecule has 1 unspecified atom stereocenters. The van der Waals surface area contributed by atoms with Gasteiger partial charge in [0.25, 0.3) is 0 Å². The third-order valence-electron chi connectivity index (χ3n) is 5.58. The van der Waals surface area contributed by atoms with E-state index in [1.807, 2.05) is 25.5 Å². The van der Waals surface area contributed by atoms with Crippen molar-refractivity contribution >= 4 is 21.8 Å². The average Bonchev–Trinajstić information content (AvgIpc) is 3.52. The minimum Gasteiger partial charge on any atom is -0.366 e. The second-order valence-electron chi connectivity index (χ2n) is 8.26. The second-order valence-corrected chi connectivity index (χ2v) is 10.6. The predicted octanol–water partition coefficient (Wildman–Crippen LogP) is 5.37. The highest BCUT2D eigenvalue weighted by Crippen LogP contribution is 2.30. The van der Waals surface area contributed by atoms with Crippen LogP contribution in [0.4, 0.5) is 5.69 Å². The maximum Gasteiger partial charge on any atom is 0.0909 e. The fraction of sp³-hybridized carbons (Fsp3) is 0.458. The molecule has 1 atom stereocenters. The van der Waals surface area contributed by atoms with Crippen LogP contribution in [0.25, 0.3) is 0 Å². The van der Waals surface area contributed by atoms with Crippen molar-refractivity contribution in [3.8, 4) is 0 Å². The first kappa shape index (κ1) is 21.6. The van der Waals surface area contributed by atoms with Crippen LogP contribution in [0.15, 0.2) is 50.6 Å². The molecule has 29 heavy (non-hydrogen) atoms. The third kappa shape index (κ3) is 5.92. The molecule has 4 nitrogen and oxygen atoms in total. The molecule has 1 aliphatic carbocycles. The van der Waals surface area contributed by atoms with Gasteiger partial charge in [-0.3, -0.25) is 0 Å². The molecule has 1 saturated carbocycles. The lowest BCUT2D eigenvalue weighted by Crippen LogP contribution is -2.14. The average molecular weight is 412 g/mol. The Morgan fingerprint density at radius 2 is 1.83 bits per heavy atom. The lowest BCUT2D eigenvalue weighted by molar-refractivity contribution is 0.552. The molecule has 0 amide bonds. The van der Waals surface area contributed by atoms with Crippen LogP contribution in [-0.4, -0.2) is 41.8 Å². The first-order valence-corrected chi connectivity index (χ1v) is 12.3. The van der Waals surface area contributed by atoms with Crippen LogP contribution in [0.3, 0.4) is 0 Å². The summed E-state index contributed by atoms with van der Waals surface area (Å²) in [6.45, 7) is 8.03. The Morgan fingerprint density at radius 1 is 1.14 bits per heavy atom. The molecule has 0 aromatic heterocycles. The number of hydrogen-bond donors (Lipinski definition) is 0. The van der Waals surface area contributed by atoms with Gasteiger partial charge in [-0.25, -0.2) is 13.6 Å². The van der Waals surface area contributed by atoms with Crippen molar-refractivity contribution in [3.63, 3.8) is 0 Å². The number of aliphatic imine (C=N–C) groups is 1. The number of hydrogen-bond acceptors (Lipinski definition) is 3. The van der Waals surface area contributed by atoms with Gasteiger partial charge in [0.1, 0.15) is 0 Å². The molecule has 0 aliphatic heterocycles. The van der Waals surface area contributed by atoms with Crippen molar-refractivity contribution in [2.45, 2.75) is 44.9 Å². The zero-order valence-electron chi connectivity index (χ0n) is 18.3. The van der Waals surface area contributed by atoms with Crippen molar-refractivity contribution < 1.29 is 4.21 Å². The maximum atomic E-state index is 12.9. The predicted molar refractivity (Wildman–Crippen MR) is 124 cm³/mol. The summed E-state index contributed by atoms with van der Waals surface area (Å²) in [6.07, 6.45) is 6.96. The lowest BCUT2D eigenvalue weighted by atomic mass is 9.97. The Hall–Kier alpha value is -2.14. The molecule has 2 aromatic carbocycles. The van der Waals surface area contributed by atoms with E-state index in [4.69, 9.17) is 0 Å².